The third-order valence-electron chi connectivity index (χ3n) is 3.99. The molecule has 0 aromatic carbocycles. The summed E-state index contributed by atoms with van der Waals surface area (Å²) < 4.78 is 0. The minimum absolute atomic E-state index is 0.143. The molecule has 1 aromatic heterocycles. The second-order valence-corrected chi connectivity index (χ2v) is 5.94. The van der Waals surface area contributed by atoms with Crippen LogP contribution in [0.2, 0.25) is 0 Å². The molecule has 0 bridgehead atoms. The number of likely N-dealkylation sites (tertiary alicyclic amines) is 1. The zero-order valence-corrected chi connectivity index (χ0v) is 12.7. The molecule has 1 amide bonds. The molecule has 6 nitrogen and oxygen atoms in total. The standard InChI is InChI=1S/C15H23N5O/c1-3-7-16-12-9-13(19-14(18-12)10-4-5-10)17-11-6-8-20(2)15(11)21/h9-11H,3-8H2,1-2H3,(H2,16,17,18,19). The Balaban J connectivity index is 1.76. The van der Waals surface area contributed by atoms with E-state index < -0.39 is 0 Å². The Morgan fingerprint density at radius 3 is 2.67 bits per heavy atom. The molecule has 2 fully saturated rings. The SMILES string of the molecule is CCCNc1cc(NC2CCN(C)C2=O)nc(C2CC2)n1. The van der Waals surface area contributed by atoms with Crippen molar-refractivity contribution in [1.82, 2.24) is 14.9 Å². The summed E-state index contributed by atoms with van der Waals surface area (Å²) in [5.74, 6) is 3.16. The quantitative estimate of drug-likeness (QED) is 0.836. The second-order valence-electron chi connectivity index (χ2n) is 5.94. The van der Waals surface area contributed by atoms with Gasteiger partial charge in [-0.3, -0.25) is 4.79 Å². The van der Waals surface area contributed by atoms with Crippen LogP contribution < -0.4 is 10.6 Å². The summed E-state index contributed by atoms with van der Waals surface area (Å²) >= 11 is 0. The van der Waals surface area contributed by atoms with Crippen LogP contribution in [-0.2, 0) is 4.79 Å². The maximum atomic E-state index is 12.0. The van der Waals surface area contributed by atoms with E-state index in [1.165, 1.54) is 12.8 Å². The Morgan fingerprint density at radius 1 is 1.29 bits per heavy atom. The van der Waals surface area contributed by atoms with Gasteiger partial charge in [0.15, 0.2) is 0 Å². The fourth-order valence-corrected chi connectivity index (χ4v) is 2.54. The minimum atomic E-state index is -0.157. The van der Waals surface area contributed by atoms with E-state index in [0.717, 1.165) is 43.4 Å². The van der Waals surface area contributed by atoms with Crippen molar-refractivity contribution in [2.24, 2.45) is 0 Å². The van der Waals surface area contributed by atoms with E-state index in [1.807, 2.05) is 13.1 Å². The molecule has 3 rings (SSSR count). The number of rotatable bonds is 6. The molecule has 1 unspecified atom stereocenters. The molecule has 21 heavy (non-hydrogen) atoms. The topological polar surface area (TPSA) is 70.2 Å². The summed E-state index contributed by atoms with van der Waals surface area (Å²) in [5.41, 5.74) is 0. The average Bonchev–Trinajstić information content (AvgIpc) is 3.28. The number of likely N-dealkylation sites (N-methyl/N-ethyl adjacent to an activating group) is 1. The summed E-state index contributed by atoms with van der Waals surface area (Å²) in [5, 5.41) is 6.59. The van der Waals surface area contributed by atoms with Crippen molar-refractivity contribution in [3.63, 3.8) is 0 Å². The van der Waals surface area contributed by atoms with Gasteiger partial charge in [-0.1, -0.05) is 6.92 Å². The highest BCUT2D eigenvalue weighted by Crippen LogP contribution is 2.39. The van der Waals surface area contributed by atoms with Crippen LogP contribution in [0.15, 0.2) is 6.07 Å². The zero-order chi connectivity index (χ0) is 14.8. The Morgan fingerprint density at radius 2 is 2.05 bits per heavy atom. The van der Waals surface area contributed by atoms with Gasteiger partial charge in [-0.2, -0.15) is 0 Å². The predicted octanol–water partition coefficient (Wildman–Crippen LogP) is 1.82. The Kier molecular flexibility index (Phi) is 3.94. The van der Waals surface area contributed by atoms with Gasteiger partial charge in [-0.05, 0) is 25.7 Å². The summed E-state index contributed by atoms with van der Waals surface area (Å²) in [6, 6.07) is 1.75. The van der Waals surface area contributed by atoms with Crippen molar-refractivity contribution in [2.45, 2.75) is 44.6 Å². The number of amides is 1. The number of hydrogen-bond donors (Lipinski definition) is 2. The van der Waals surface area contributed by atoms with Crippen LogP contribution in [-0.4, -0.2) is 47.0 Å². The van der Waals surface area contributed by atoms with E-state index in [4.69, 9.17) is 0 Å². The van der Waals surface area contributed by atoms with E-state index in [0.29, 0.717) is 5.92 Å². The number of aromatic nitrogens is 2. The molecule has 1 aliphatic heterocycles. The van der Waals surface area contributed by atoms with Gasteiger partial charge in [0.25, 0.3) is 0 Å². The van der Waals surface area contributed by atoms with Crippen LogP contribution in [0.25, 0.3) is 0 Å². The van der Waals surface area contributed by atoms with Crippen molar-refractivity contribution >= 4 is 17.5 Å². The first-order chi connectivity index (χ1) is 10.2. The lowest BCUT2D eigenvalue weighted by molar-refractivity contribution is -0.127. The molecule has 1 atom stereocenters. The first-order valence-corrected chi connectivity index (χ1v) is 7.81. The van der Waals surface area contributed by atoms with Crippen molar-refractivity contribution in [3.8, 4) is 0 Å². The van der Waals surface area contributed by atoms with Crippen LogP contribution in [0.5, 0.6) is 0 Å². The van der Waals surface area contributed by atoms with Crippen LogP contribution in [0.3, 0.4) is 0 Å². The smallest absolute Gasteiger partial charge is 0.244 e. The zero-order valence-electron chi connectivity index (χ0n) is 12.7. The molecule has 1 saturated carbocycles. The lowest BCUT2D eigenvalue weighted by Gasteiger charge is -2.15. The van der Waals surface area contributed by atoms with Gasteiger partial charge in [0.2, 0.25) is 5.91 Å². The van der Waals surface area contributed by atoms with Gasteiger partial charge >= 0.3 is 0 Å². The molecule has 1 aromatic rings. The molecule has 0 radical (unpaired) electrons. The van der Waals surface area contributed by atoms with Crippen molar-refractivity contribution in [1.29, 1.82) is 0 Å². The first kappa shape index (κ1) is 14.1. The monoisotopic (exact) mass is 289 g/mol. The molecule has 2 N–H and O–H groups in total. The third kappa shape index (κ3) is 3.25. The molecule has 2 heterocycles. The largest absolute Gasteiger partial charge is 0.370 e. The van der Waals surface area contributed by atoms with Gasteiger partial charge in [0.1, 0.15) is 23.5 Å². The Hall–Kier alpha value is -1.85. The number of carbonyl (C=O) groups excluding carboxylic acids is 1. The minimum Gasteiger partial charge on any atom is -0.370 e. The van der Waals surface area contributed by atoms with Crippen molar-refractivity contribution < 1.29 is 4.79 Å². The molecular weight excluding hydrogens is 266 g/mol. The van der Waals surface area contributed by atoms with Gasteiger partial charge in [0, 0.05) is 32.1 Å². The van der Waals surface area contributed by atoms with E-state index in [1.54, 1.807) is 4.90 Å². The highest BCUT2D eigenvalue weighted by molar-refractivity contribution is 5.86. The van der Waals surface area contributed by atoms with Gasteiger partial charge in [0.05, 0.1) is 0 Å². The van der Waals surface area contributed by atoms with Crippen molar-refractivity contribution in [2.75, 3.05) is 30.8 Å². The fourth-order valence-electron chi connectivity index (χ4n) is 2.54. The maximum absolute atomic E-state index is 12.0. The molecule has 1 aliphatic carbocycles. The molecule has 2 aliphatic rings. The van der Waals surface area contributed by atoms with Gasteiger partial charge in [-0.15, -0.1) is 0 Å². The Bertz CT molecular complexity index is 529. The van der Waals surface area contributed by atoms with Crippen molar-refractivity contribution in [3.05, 3.63) is 11.9 Å². The number of nitrogens with zero attached hydrogens (tertiary/aromatic N) is 3. The van der Waals surface area contributed by atoms with E-state index in [2.05, 4.69) is 27.5 Å². The summed E-state index contributed by atoms with van der Waals surface area (Å²) in [6.45, 7) is 3.83. The highest BCUT2D eigenvalue weighted by atomic mass is 16.2. The number of hydrogen-bond acceptors (Lipinski definition) is 5. The normalized spacial score (nSPS) is 21.7. The highest BCUT2D eigenvalue weighted by Gasteiger charge is 2.31. The van der Waals surface area contributed by atoms with E-state index in [-0.39, 0.29) is 11.9 Å². The van der Waals surface area contributed by atoms with Crippen LogP contribution in [0.4, 0.5) is 11.6 Å². The fraction of sp³-hybridized carbons (Fsp3) is 0.667. The summed E-state index contributed by atoms with van der Waals surface area (Å²) in [6.07, 6.45) is 4.22. The molecule has 1 saturated heterocycles. The molecule has 114 valence electrons. The second kappa shape index (κ2) is 5.87. The van der Waals surface area contributed by atoms with Gasteiger partial charge in [-0.25, -0.2) is 9.97 Å². The van der Waals surface area contributed by atoms with E-state index >= 15 is 0 Å². The summed E-state index contributed by atoms with van der Waals surface area (Å²) in [7, 11) is 1.84. The van der Waals surface area contributed by atoms with Crippen LogP contribution in [0.1, 0.15) is 44.3 Å². The molecule has 6 heteroatoms. The molecular formula is C15H23N5O. The lowest BCUT2D eigenvalue weighted by Crippen LogP contribution is -2.31. The predicted molar refractivity (Wildman–Crippen MR) is 82.5 cm³/mol. The first-order valence-electron chi connectivity index (χ1n) is 7.81. The van der Waals surface area contributed by atoms with E-state index in [9.17, 15) is 4.79 Å². The number of carbonyl (C=O) groups is 1. The molecule has 0 spiro atoms. The lowest BCUT2D eigenvalue weighted by atomic mass is 10.2. The maximum Gasteiger partial charge on any atom is 0.244 e. The summed E-state index contributed by atoms with van der Waals surface area (Å²) in [4.78, 5) is 22.9. The Labute approximate surface area is 125 Å². The average molecular weight is 289 g/mol. The third-order valence-corrected chi connectivity index (χ3v) is 3.99. The number of nitrogens with one attached hydrogen (secondary N) is 2. The van der Waals surface area contributed by atoms with Crippen LogP contribution in [0, 0.1) is 0 Å². The van der Waals surface area contributed by atoms with Gasteiger partial charge < -0.3 is 15.5 Å². The number of anilines is 2. The van der Waals surface area contributed by atoms with Crippen LogP contribution >= 0.6 is 0 Å².